The molecule has 0 aromatic carbocycles. The molecule has 1 heterocycles. The molecule has 0 fully saturated rings. The second kappa shape index (κ2) is 6.55. The number of rotatable bonds is 5. The van der Waals surface area contributed by atoms with Crippen molar-refractivity contribution in [1.82, 2.24) is 5.32 Å². The van der Waals surface area contributed by atoms with Crippen LogP contribution in [0.5, 0.6) is 0 Å². The van der Waals surface area contributed by atoms with Gasteiger partial charge in [0.25, 0.3) is 0 Å². The minimum atomic E-state index is -2.08. The number of urea groups is 1. The van der Waals surface area contributed by atoms with E-state index in [2.05, 4.69) is 15.4 Å². The summed E-state index contributed by atoms with van der Waals surface area (Å²) in [6.07, 6.45) is 0. The van der Waals surface area contributed by atoms with Gasteiger partial charge in [0.15, 0.2) is 5.60 Å². The maximum absolute atomic E-state index is 11.7. The topological polar surface area (TPSA) is 125 Å². The van der Waals surface area contributed by atoms with E-state index in [-0.39, 0.29) is 10.6 Å². The highest BCUT2D eigenvalue weighted by atomic mass is 32.1. The molecule has 0 spiro atoms. The first kappa shape index (κ1) is 16.9. The highest BCUT2D eigenvalue weighted by molar-refractivity contribution is 7.15. The fourth-order valence-corrected chi connectivity index (χ4v) is 2.29. The third-order valence-corrected chi connectivity index (χ3v) is 3.66. The number of carbonyl (C=O) groups is 3. The van der Waals surface area contributed by atoms with Crippen molar-refractivity contribution in [3.8, 4) is 0 Å². The normalized spacial score (nSPS) is 13.1. The largest absolute Gasteiger partial charge is 0.479 e. The third-order valence-electron chi connectivity index (χ3n) is 2.65. The van der Waals surface area contributed by atoms with E-state index in [4.69, 9.17) is 5.11 Å². The van der Waals surface area contributed by atoms with E-state index in [1.165, 1.54) is 7.11 Å². The van der Waals surface area contributed by atoms with E-state index < -0.39 is 30.1 Å². The van der Waals surface area contributed by atoms with Gasteiger partial charge in [0.2, 0.25) is 0 Å². The summed E-state index contributed by atoms with van der Waals surface area (Å²) < 4.78 is 4.62. The summed E-state index contributed by atoms with van der Waals surface area (Å²) in [7, 11) is 1.23. The summed E-state index contributed by atoms with van der Waals surface area (Å²) in [6.45, 7) is 2.28. The number of aliphatic carboxylic acids is 1. The zero-order chi connectivity index (χ0) is 16.2. The smallest absolute Gasteiger partial charge is 0.341 e. The molecule has 1 atom stereocenters. The van der Waals surface area contributed by atoms with Crippen molar-refractivity contribution in [2.45, 2.75) is 19.4 Å². The number of amides is 2. The van der Waals surface area contributed by atoms with Gasteiger partial charge in [-0.25, -0.2) is 14.4 Å². The number of nitrogens with one attached hydrogen (secondary N) is 2. The van der Waals surface area contributed by atoms with Crippen molar-refractivity contribution in [3.05, 3.63) is 16.5 Å². The highest BCUT2D eigenvalue weighted by Gasteiger charge is 2.30. The van der Waals surface area contributed by atoms with Gasteiger partial charge in [0, 0.05) is 0 Å². The van der Waals surface area contributed by atoms with Gasteiger partial charge in [-0.2, -0.15) is 0 Å². The van der Waals surface area contributed by atoms with Gasteiger partial charge in [-0.1, -0.05) is 0 Å². The van der Waals surface area contributed by atoms with Crippen molar-refractivity contribution in [1.29, 1.82) is 0 Å². The number of hydrogen-bond donors (Lipinski definition) is 4. The highest BCUT2D eigenvalue weighted by Crippen LogP contribution is 2.28. The van der Waals surface area contributed by atoms with Gasteiger partial charge < -0.3 is 20.3 Å². The van der Waals surface area contributed by atoms with Crippen LogP contribution in [0.3, 0.4) is 0 Å². The van der Waals surface area contributed by atoms with Gasteiger partial charge >= 0.3 is 18.0 Å². The maximum atomic E-state index is 11.7. The summed E-state index contributed by atoms with van der Waals surface area (Å²) in [5.41, 5.74) is -1.18. The molecule has 0 aliphatic carbocycles. The molecule has 1 aromatic rings. The van der Waals surface area contributed by atoms with Gasteiger partial charge in [0.05, 0.1) is 19.2 Å². The molecular weight excluding hydrogens is 300 g/mol. The van der Waals surface area contributed by atoms with Gasteiger partial charge in [-0.15, -0.1) is 11.3 Å². The van der Waals surface area contributed by atoms with E-state index in [1.807, 2.05) is 0 Å². The standard InChI is InChI=1S/C12H16N2O6S/c1-6-4-21-8(7(6)9(15)20-3)14-11(18)13-5-12(2,19)10(16)17/h4,19H,5H2,1-3H3,(H,16,17)(H2,13,14,18). The fraction of sp³-hybridized carbons (Fsp3) is 0.417. The Balaban J connectivity index is 2.73. The Morgan fingerprint density at radius 2 is 2.05 bits per heavy atom. The number of anilines is 1. The Hall–Kier alpha value is -2.13. The number of hydrogen-bond acceptors (Lipinski definition) is 6. The summed E-state index contributed by atoms with van der Waals surface area (Å²) in [6, 6.07) is -0.733. The van der Waals surface area contributed by atoms with Crippen LogP contribution in [0.1, 0.15) is 22.8 Å². The van der Waals surface area contributed by atoms with Crippen molar-refractivity contribution < 1.29 is 29.3 Å². The zero-order valence-corrected chi connectivity index (χ0v) is 12.5. The number of thiophene rings is 1. The minimum Gasteiger partial charge on any atom is -0.479 e. The van der Waals surface area contributed by atoms with Gasteiger partial charge in [-0.3, -0.25) is 5.32 Å². The lowest BCUT2D eigenvalue weighted by molar-refractivity contribution is -0.155. The molecule has 1 unspecified atom stereocenters. The predicted octanol–water partition coefficient (Wildman–Crippen LogP) is 0.800. The van der Waals surface area contributed by atoms with E-state index >= 15 is 0 Å². The molecule has 4 N–H and O–H groups in total. The van der Waals surface area contributed by atoms with Crippen LogP contribution in [0.15, 0.2) is 5.38 Å². The Bertz CT molecular complexity index is 566. The average molecular weight is 316 g/mol. The number of esters is 1. The van der Waals surface area contributed by atoms with Crippen LogP contribution >= 0.6 is 11.3 Å². The van der Waals surface area contributed by atoms with Crippen molar-refractivity contribution >= 4 is 34.3 Å². The summed E-state index contributed by atoms with van der Waals surface area (Å²) in [4.78, 5) is 34.0. The van der Waals surface area contributed by atoms with Crippen LogP contribution in [0.4, 0.5) is 9.80 Å². The molecule has 8 nitrogen and oxygen atoms in total. The minimum absolute atomic E-state index is 0.239. The summed E-state index contributed by atoms with van der Waals surface area (Å²) in [5, 5.41) is 24.8. The molecule has 116 valence electrons. The van der Waals surface area contributed by atoms with Crippen LogP contribution < -0.4 is 10.6 Å². The van der Waals surface area contributed by atoms with E-state index in [0.29, 0.717) is 5.56 Å². The van der Waals surface area contributed by atoms with Gasteiger partial charge in [-0.05, 0) is 24.8 Å². The lowest BCUT2D eigenvalue weighted by atomic mass is 10.1. The number of methoxy groups -OCH3 is 1. The van der Waals surface area contributed by atoms with Gasteiger partial charge in [0.1, 0.15) is 5.00 Å². The van der Waals surface area contributed by atoms with Crippen molar-refractivity contribution in [3.63, 3.8) is 0 Å². The molecule has 0 radical (unpaired) electrons. The van der Waals surface area contributed by atoms with Crippen LogP contribution in [0.25, 0.3) is 0 Å². The molecule has 0 bridgehead atoms. The van der Waals surface area contributed by atoms with E-state index in [1.54, 1.807) is 12.3 Å². The second-order valence-electron chi connectivity index (χ2n) is 4.50. The SMILES string of the molecule is COC(=O)c1c(C)csc1NC(=O)NCC(C)(O)C(=O)O. The first-order valence-corrected chi connectivity index (χ1v) is 6.74. The average Bonchev–Trinajstić information content (AvgIpc) is 2.76. The molecule has 0 aliphatic rings. The Morgan fingerprint density at radius 1 is 1.43 bits per heavy atom. The summed E-state index contributed by atoms with van der Waals surface area (Å²) >= 11 is 1.14. The Morgan fingerprint density at radius 3 is 2.57 bits per heavy atom. The number of aryl methyl sites for hydroxylation is 1. The molecular formula is C12H16N2O6S. The monoisotopic (exact) mass is 316 g/mol. The van der Waals surface area contributed by atoms with Crippen LogP contribution in [-0.2, 0) is 9.53 Å². The molecule has 1 aromatic heterocycles. The maximum Gasteiger partial charge on any atom is 0.341 e. The molecule has 9 heteroatoms. The first-order chi connectivity index (χ1) is 9.69. The lowest BCUT2D eigenvalue weighted by Crippen LogP contribution is -2.47. The molecule has 21 heavy (non-hydrogen) atoms. The molecule has 0 saturated heterocycles. The van der Waals surface area contributed by atoms with Crippen LogP contribution in [0, 0.1) is 6.92 Å². The second-order valence-corrected chi connectivity index (χ2v) is 5.38. The molecule has 2 amide bonds. The van der Waals surface area contributed by atoms with E-state index in [0.717, 1.165) is 18.3 Å². The molecule has 0 saturated carbocycles. The van der Waals surface area contributed by atoms with E-state index in [9.17, 15) is 19.5 Å². The van der Waals surface area contributed by atoms with Crippen molar-refractivity contribution in [2.24, 2.45) is 0 Å². The third kappa shape index (κ3) is 4.17. The Labute approximate surface area is 124 Å². The number of ether oxygens (including phenoxy) is 1. The van der Waals surface area contributed by atoms with Crippen molar-refractivity contribution in [2.75, 3.05) is 19.0 Å². The zero-order valence-electron chi connectivity index (χ0n) is 11.7. The number of aliphatic hydroxyl groups is 1. The quantitative estimate of drug-likeness (QED) is 0.595. The summed E-state index contributed by atoms with van der Waals surface area (Å²) in [5.74, 6) is -2.04. The molecule has 1 rings (SSSR count). The lowest BCUT2D eigenvalue weighted by Gasteiger charge is -2.18. The predicted molar refractivity (Wildman–Crippen MR) is 75.7 cm³/mol. The van der Waals surface area contributed by atoms with Crippen LogP contribution in [-0.4, -0.2) is 47.4 Å². The molecule has 0 aliphatic heterocycles. The first-order valence-electron chi connectivity index (χ1n) is 5.86. The fourth-order valence-electron chi connectivity index (χ4n) is 1.37. The number of carboxylic acid groups (broad SMARTS) is 1. The number of carbonyl (C=O) groups excluding carboxylic acids is 2. The van der Waals surface area contributed by atoms with Crippen LogP contribution in [0.2, 0.25) is 0 Å². The Kier molecular flexibility index (Phi) is 5.28. The number of carboxylic acids is 1.